The summed E-state index contributed by atoms with van der Waals surface area (Å²) in [5.74, 6) is 2.26. The monoisotopic (exact) mass is 293 g/mol. The molecule has 3 heteroatoms. The highest BCUT2D eigenvalue weighted by atomic mass is 35.5. The van der Waals surface area contributed by atoms with Crippen molar-refractivity contribution in [2.45, 2.75) is 12.3 Å². The van der Waals surface area contributed by atoms with Gasteiger partial charge in [-0.05, 0) is 11.1 Å². The minimum Gasteiger partial charge on any atom is -0.312 e. The first kappa shape index (κ1) is 16.1. The van der Waals surface area contributed by atoms with E-state index in [2.05, 4.69) is 66.0 Å². The molecular formula is C16H20ClNS. The van der Waals surface area contributed by atoms with Crippen LogP contribution < -0.4 is 5.32 Å². The number of nitrogens with one attached hydrogen (secondary N) is 1. The van der Waals surface area contributed by atoms with Gasteiger partial charge in [0.25, 0.3) is 0 Å². The molecule has 19 heavy (non-hydrogen) atoms. The molecule has 0 heterocycles. The molecule has 0 radical (unpaired) electrons. The summed E-state index contributed by atoms with van der Waals surface area (Å²) in [5, 5.41) is 3.47. The van der Waals surface area contributed by atoms with E-state index in [1.807, 2.05) is 11.8 Å². The first-order chi connectivity index (χ1) is 8.95. The van der Waals surface area contributed by atoms with Crippen LogP contribution in [0.1, 0.15) is 11.1 Å². The normalized spacial score (nSPS) is 9.89. The topological polar surface area (TPSA) is 12.0 Å². The number of rotatable bonds is 7. The van der Waals surface area contributed by atoms with Crippen molar-refractivity contribution in [2.75, 3.05) is 12.3 Å². The van der Waals surface area contributed by atoms with Crippen LogP contribution in [0.3, 0.4) is 0 Å². The molecule has 1 N–H and O–H groups in total. The van der Waals surface area contributed by atoms with Crippen molar-refractivity contribution in [3.05, 3.63) is 71.8 Å². The predicted molar refractivity (Wildman–Crippen MR) is 88.0 cm³/mol. The number of halogens is 1. The quantitative estimate of drug-likeness (QED) is 0.770. The standard InChI is InChI=1S/C16H19NS.ClH/c1-3-7-15(8-4-1)13-17-11-12-18-14-16-9-5-2-6-10-16;/h1-10,17H,11-14H2;1H. The van der Waals surface area contributed by atoms with E-state index in [1.165, 1.54) is 11.1 Å². The second kappa shape index (κ2) is 9.90. The number of hydrogen-bond donors (Lipinski definition) is 1. The molecule has 0 spiro atoms. The first-order valence-corrected chi connectivity index (χ1v) is 7.47. The predicted octanol–water partition coefficient (Wildman–Crippen LogP) is 4.13. The lowest BCUT2D eigenvalue weighted by atomic mass is 10.2. The minimum absolute atomic E-state index is 0. The maximum Gasteiger partial charge on any atom is 0.0205 e. The van der Waals surface area contributed by atoms with Gasteiger partial charge in [-0.15, -0.1) is 12.4 Å². The SMILES string of the molecule is Cl.c1ccc(CNCCSCc2ccccc2)cc1. The third-order valence-electron chi connectivity index (χ3n) is 2.71. The summed E-state index contributed by atoms with van der Waals surface area (Å²) in [4.78, 5) is 0. The number of hydrogen-bond acceptors (Lipinski definition) is 2. The van der Waals surface area contributed by atoms with Gasteiger partial charge in [0, 0.05) is 24.6 Å². The molecule has 0 fully saturated rings. The fraction of sp³-hybridized carbons (Fsp3) is 0.250. The molecule has 1 nitrogen and oxygen atoms in total. The second-order valence-corrected chi connectivity index (χ2v) is 5.31. The maximum absolute atomic E-state index is 3.47. The Bertz CT molecular complexity index is 390. The number of benzene rings is 2. The Morgan fingerprint density at radius 2 is 1.37 bits per heavy atom. The zero-order chi connectivity index (χ0) is 12.5. The Balaban J connectivity index is 0.00000180. The van der Waals surface area contributed by atoms with Crippen LogP contribution in [0.2, 0.25) is 0 Å². The van der Waals surface area contributed by atoms with Gasteiger partial charge in [0.15, 0.2) is 0 Å². The molecule has 0 unspecified atom stereocenters. The summed E-state index contributed by atoms with van der Waals surface area (Å²) in [7, 11) is 0. The van der Waals surface area contributed by atoms with Crippen molar-refractivity contribution >= 4 is 24.2 Å². The molecule has 2 aromatic carbocycles. The van der Waals surface area contributed by atoms with E-state index in [-0.39, 0.29) is 12.4 Å². The summed E-state index contributed by atoms with van der Waals surface area (Å²) in [5.41, 5.74) is 2.76. The zero-order valence-electron chi connectivity index (χ0n) is 10.9. The zero-order valence-corrected chi connectivity index (χ0v) is 12.6. The lowest BCUT2D eigenvalue weighted by Gasteiger charge is -2.05. The van der Waals surface area contributed by atoms with Crippen LogP contribution in [-0.2, 0) is 12.3 Å². The highest BCUT2D eigenvalue weighted by Gasteiger charge is 1.93. The third-order valence-corrected chi connectivity index (χ3v) is 3.74. The van der Waals surface area contributed by atoms with Gasteiger partial charge in [0.1, 0.15) is 0 Å². The summed E-state index contributed by atoms with van der Waals surface area (Å²) in [6, 6.07) is 21.2. The lowest BCUT2D eigenvalue weighted by molar-refractivity contribution is 0.732. The Kier molecular flexibility index (Phi) is 8.39. The molecule has 0 aliphatic rings. The molecule has 0 aromatic heterocycles. The smallest absolute Gasteiger partial charge is 0.0205 e. The minimum atomic E-state index is 0. The van der Waals surface area contributed by atoms with Gasteiger partial charge in [-0.1, -0.05) is 60.7 Å². The molecule has 0 atom stereocenters. The van der Waals surface area contributed by atoms with Gasteiger partial charge < -0.3 is 5.32 Å². The van der Waals surface area contributed by atoms with Crippen LogP contribution in [0.5, 0.6) is 0 Å². The van der Waals surface area contributed by atoms with Gasteiger partial charge >= 0.3 is 0 Å². The van der Waals surface area contributed by atoms with Crippen LogP contribution in [-0.4, -0.2) is 12.3 Å². The molecule has 0 bridgehead atoms. The fourth-order valence-electron chi connectivity index (χ4n) is 1.74. The Labute approximate surface area is 126 Å². The van der Waals surface area contributed by atoms with Gasteiger partial charge in [0.2, 0.25) is 0 Å². The fourth-order valence-corrected chi connectivity index (χ4v) is 2.60. The Morgan fingerprint density at radius 1 is 0.789 bits per heavy atom. The van der Waals surface area contributed by atoms with Crippen molar-refractivity contribution in [1.82, 2.24) is 5.32 Å². The third kappa shape index (κ3) is 6.67. The van der Waals surface area contributed by atoms with E-state index in [1.54, 1.807) is 0 Å². The summed E-state index contributed by atoms with van der Waals surface area (Å²) in [6.45, 7) is 2.03. The van der Waals surface area contributed by atoms with Crippen molar-refractivity contribution in [3.8, 4) is 0 Å². The van der Waals surface area contributed by atoms with E-state index >= 15 is 0 Å². The lowest BCUT2D eigenvalue weighted by Crippen LogP contribution is -2.16. The van der Waals surface area contributed by atoms with Crippen molar-refractivity contribution < 1.29 is 0 Å². The van der Waals surface area contributed by atoms with Crippen LogP contribution in [0.15, 0.2) is 60.7 Å². The van der Waals surface area contributed by atoms with E-state index in [4.69, 9.17) is 0 Å². The summed E-state index contributed by atoms with van der Waals surface area (Å²) < 4.78 is 0. The molecule has 0 aliphatic carbocycles. The van der Waals surface area contributed by atoms with Gasteiger partial charge in [0.05, 0.1) is 0 Å². The van der Waals surface area contributed by atoms with Crippen molar-refractivity contribution in [2.24, 2.45) is 0 Å². The van der Waals surface area contributed by atoms with Crippen LogP contribution in [0, 0.1) is 0 Å². The van der Waals surface area contributed by atoms with E-state index in [0.717, 1.165) is 24.6 Å². The molecule has 2 aromatic rings. The van der Waals surface area contributed by atoms with Gasteiger partial charge in [-0.2, -0.15) is 11.8 Å². The van der Waals surface area contributed by atoms with E-state index < -0.39 is 0 Å². The maximum atomic E-state index is 3.47. The van der Waals surface area contributed by atoms with E-state index in [0.29, 0.717) is 0 Å². The second-order valence-electron chi connectivity index (χ2n) is 4.20. The molecular weight excluding hydrogens is 274 g/mol. The summed E-state index contributed by atoms with van der Waals surface area (Å²) >= 11 is 1.98. The van der Waals surface area contributed by atoms with Gasteiger partial charge in [-0.3, -0.25) is 0 Å². The Hall–Kier alpha value is -0.960. The highest BCUT2D eigenvalue weighted by molar-refractivity contribution is 7.98. The highest BCUT2D eigenvalue weighted by Crippen LogP contribution is 2.10. The molecule has 0 amide bonds. The van der Waals surface area contributed by atoms with Crippen LogP contribution >= 0.6 is 24.2 Å². The average molecular weight is 294 g/mol. The van der Waals surface area contributed by atoms with E-state index in [9.17, 15) is 0 Å². The van der Waals surface area contributed by atoms with Crippen LogP contribution in [0.25, 0.3) is 0 Å². The molecule has 0 aliphatic heterocycles. The summed E-state index contributed by atoms with van der Waals surface area (Å²) in [6.07, 6.45) is 0. The molecule has 0 saturated carbocycles. The van der Waals surface area contributed by atoms with Gasteiger partial charge in [-0.25, -0.2) is 0 Å². The van der Waals surface area contributed by atoms with Crippen LogP contribution in [0.4, 0.5) is 0 Å². The number of thioether (sulfide) groups is 1. The molecule has 2 rings (SSSR count). The van der Waals surface area contributed by atoms with Crippen molar-refractivity contribution in [1.29, 1.82) is 0 Å². The average Bonchev–Trinajstić information content (AvgIpc) is 2.45. The van der Waals surface area contributed by atoms with Crippen molar-refractivity contribution in [3.63, 3.8) is 0 Å². The Morgan fingerprint density at radius 3 is 2.00 bits per heavy atom. The molecule has 0 saturated heterocycles. The first-order valence-electron chi connectivity index (χ1n) is 6.31. The molecule has 102 valence electrons. The largest absolute Gasteiger partial charge is 0.312 e.